The zero-order chi connectivity index (χ0) is 11.2. The van der Waals surface area contributed by atoms with Crippen molar-refractivity contribution in [3.8, 4) is 0 Å². The molecule has 2 nitrogen and oxygen atoms in total. The third-order valence-electron chi connectivity index (χ3n) is 3.00. The molecule has 0 spiro atoms. The van der Waals surface area contributed by atoms with Gasteiger partial charge in [-0.2, -0.15) is 0 Å². The molecule has 1 saturated heterocycles. The molecule has 2 heteroatoms. The number of aryl methyl sites for hydroxylation is 1. The van der Waals surface area contributed by atoms with Crippen LogP contribution in [0.25, 0.3) is 0 Å². The van der Waals surface area contributed by atoms with Crippen molar-refractivity contribution >= 4 is 5.78 Å². The van der Waals surface area contributed by atoms with Gasteiger partial charge in [0.05, 0.1) is 0 Å². The van der Waals surface area contributed by atoms with Gasteiger partial charge in [0.15, 0.2) is 5.78 Å². The normalized spacial score (nSPS) is 18.6. The molecular formula is C14H18O2. The number of ketones is 1. The van der Waals surface area contributed by atoms with Gasteiger partial charge in [-0.3, -0.25) is 4.79 Å². The topological polar surface area (TPSA) is 26.3 Å². The minimum Gasteiger partial charge on any atom is -0.381 e. The van der Waals surface area contributed by atoms with E-state index in [1.165, 1.54) is 18.4 Å². The van der Waals surface area contributed by atoms with E-state index < -0.39 is 0 Å². The van der Waals surface area contributed by atoms with Crippen molar-refractivity contribution in [2.75, 3.05) is 13.2 Å². The van der Waals surface area contributed by atoms with Gasteiger partial charge in [0.2, 0.25) is 0 Å². The lowest BCUT2D eigenvalue weighted by Crippen LogP contribution is -2.09. The van der Waals surface area contributed by atoms with Crippen LogP contribution in [0, 0.1) is 0 Å². The van der Waals surface area contributed by atoms with Crippen molar-refractivity contribution in [1.29, 1.82) is 0 Å². The zero-order valence-electron chi connectivity index (χ0n) is 9.58. The second-order valence-electron chi connectivity index (χ2n) is 4.25. The Hall–Kier alpha value is -1.15. The molecular weight excluding hydrogens is 200 g/mol. The van der Waals surface area contributed by atoms with Crippen LogP contribution in [0.5, 0.6) is 0 Å². The maximum atomic E-state index is 11.3. The quantitative estimate of drug-likeness (QED) is 0.669. The monoisotopic (exact) mass is 218 g/mol. The molecule has 1 aliphatic heterocycles. The predicted molar refractivity (Wildman–Crippen MR) is 63.8 cm³/mol. The number of hydrogen-bond acceptors (Lipinski definition) is 2. The van der Waals surface area contributed by atoms with Gasteiger partial charge in [-0.25, -0.2) is 0 Å². The average Bonchev–Trinajstić information content (AvgIpc) is 2.88. The number of carbonyl (C=O) groups is 1. The van der Waals surface area contributed by atoms with Gasteiger partial charge in [0.1, 0.15) is 0 Å². The lowest BCUT2D eigenvalue weighted by atomic mass is 9.91. The molecule has 16 heavy (non-hydrogen) atoms. The first-order valence-electron chi connectivity index (χ1n) is 6.07. The molecule has 1 heterocycles. The first-order valence-corrected chi connectivity index (χ1v) is 6.07. The number of fused-ring (bicyclic) bond motifs is 1. The van der Waals surface area contributed by atoms with E-state index >= 15 is 0 Å². The van der Waals surface area contributed by atoms with Crippen molar-refractivity contribution < 1.29 is 9.53 Å². The molecule has 86 valence electrons. The summed E-state index contributed by atoms with van der Waals surface area (Å²) in [6.45, 7) is 2.00. The summed E-state index contributed by atoms with van der Waals surface area (Å²) in [5.41, 5.74) is 2.17. The Balaban J connectivity index is 0.000000162. The van der Waals surface area contributed by atoms with Gasteiger partial charge >= 0.3 is 0 Å². The van der Waals surface area contributed by atoms with Crippen LogP contribution in [0.15, 0.2) is 24.3 Å². The van der Waals surface area contributed by atoms with Gasteiger partial charge in [0.25, 0.3) is 0 Å². The van der Waals surface area contributed by atoms with Crippen LogP contribution in [0.2, 0.25) is 0 Å². The maximum absolute atomic E-state index is 11.3. The molecule has 0 saturated carbocycles. The lowest BCUT2D eigenvalue weighted by Gasteiger charge is -2.12. The molecule has 0 aromatic heterocycles. The van der Waals surface area contributed by atoms with Gasteiger partial charge in [-0.15, -0.1) is 0 Å². The van der Waals surface area contributed by atoms with Crippen molar-refractivity contribution in [1.82, 2.24) is 0 Å². The summed E-state index contributed by atoms with van der Waals surface area (Å²) in [7, 11) is 0. The first-order chi connectivity index (χ1) is 7.88. The van der Waals surface area contributed by atoms with Crippen LogP contribution < -0.4 is 0 Å². The Morgan fingerprint density at radius 1 is 0.938 bits per heavy atom. The highest BCUT2D eigenvalue weighted by atomic mass is 16.5. The number of benzene rings is 1. The van der Waals surface area contributed by atoms with Crippen LogP contribution in [-0.2, 0) is 11.2 Å². The first kappa shape index (κ1) is 11.3. The molecule has 2 aliphatic rings. The molecule has 1 aliphatic carbocycles. The van der Waals surface area contributed by atoms with E-state index in [2.05, 4.69) is 0 Å². The van der Waals surface area contributed by atoms with Gasteiger partial charge in [-0.1, -0.05) is 24.3 Å². The van der Waals surface area contributed by atoms with Crippen molar-refractivity contribution in [2.24, 2.45) is 0 Å². The summed E-state index contributed by atoms with van der Waals surface area (Å²) in [6.07, 6.45) is 5.38. The van der Waals surface area contributed by atoms with E-state index in [1.54, 1.807) is 0 Å². The smallest absolute Gasteiger partial charge is 0.163 e. The molecule has 0 unspecified atom stereocenters. The molecule has 1 aromatic carbocycles. The summed E-state index contributed by atoms with van der Waals surface area (Å²) >= 11 is 0. The van der Waals surface area contributed by atoms with Gasteiger partial charge in [-0.05, 0) is 31.2 Å². The van der Waals surface area contributed by atoms with Crippen LogP contribution >= 0.6 is 0 Å². The van der Waals surface area contributed by atoms with Crippen molar-refractivity contribution in [3.05, 3.63) is 35.4 Å². The third-order valence-corrected chi connectivity index (χ3v) is 3.00. The molecule has 0 amide bonds. The van der Waals surface area contributed by atoms with Crippen molar-refractivity contribution in [2.45, 2.75) is 32.1 Å². The van der Waals surface area contributed by atoms with Crippen LogP contribution in [0.1, 0.15) is 41.6 Å². The predicted octanol–water partition coefficient (Wildman–Crippen LogP) is 3.00. The molecule has 0 N–H and O–H groups in total. The fourth-order valence-corrected chi connectivity index (χ4v) is 2.09. The molecule has 0 bridgehead atoms. The maximum Gasteiger partial charge on any atom is 0.163 e. The number of rotatable bonds is 0. The van der Waals surface area contributed by atoms with Gasteiger partial charge < -0.3 is 4.74 Å². The van der Waals surface area contributed by atoms with Crippen molar-refractivity contribution in [3.63, 3.8) is 0 Å². The standard InChI is InChI=1S/C10H10O.C4H8O/c11-10-7-3-5-8-4-1-2-6-9(8)10;1-2-4-5-3-1/h1-2,4,6H,3,5,7H2;1-4H2. The van der Waals surface area contributed by atoms with Crippen LogP contribution in [0.4, 0.5) is 0 Å². The highest BCUT2D eigenvalue weighted by molar-refractivity contribution is 5.98. The zero-order valence-corrected chi connectivity index (χ0v) is 9.58. The Labute approximate surface area is 96.6 Å². The summed E-state index contributed by atoms with van der Waals surface area (Å²) in [5, 5.41) is 0. The molecule has 0 atom stereocenters. The van der Waals surface area contributed by atoms with E-state index in [0.29, 0.717) is 5.78 Å². The molecule has 3 rings (SSSR count). The Morgan fingerprint density at radius 2 is 1.69 bits per heavy atom. The molecule has 0 radical (unpaired) electrons. The van der Waals surface area contributed by atoms with E-state index in [-0.39, 0.29) is 0 Å². The fourth-order valence-electron chi connectivity index (χ4n) is 2.09. The minimum atomic E-state index is 0.312. The van der Waals surface area contributed by atoms with Crippen LogP contribution in [0.3, 0.4) is 0 Å². The second-order valence-corrected chi connectivity index (χ2v) is 4.25. The number of hydrogen-bond donors (Lipinski definition) is 0. The number of ether oxygens (including phenoxy) is 1. The van der Waals surface area contributed by atoms with Crippen LogP contribution in [-0.4, -0.2) is 19.0 Å². The highest BCUT2D eigenvalue weighted by Crippen LogP contribution is 2.19. The summed E-state index contributed by atoms with van der Waals surface area (Å²) in [6, 6.07) is 7.91. The highest BCUT2D eigenvalue weighted by Gasteiger charge is 2.14. The average molecular weight is 218 g/mol. The molecule has 1 aromatic rings. The van der Waals surface area contributed by atoms with E-state index in [4.69, 9.17) is 4.74 Å². The Kier molecular flexibility index (Phi) is 4.11. The summed E-state index contributed by atoms with van der Waals surface area (Å²) < 4.78 is 4.94. The second kappa shape index (κ2) is 5.80. The summed E-state index contributed by atoms with van der Waals surface area (Å²) in [5.74, 6) is 0.312. The minimum absolute atomic E-state index is 0.312. The number of carbonyl (C=O) groups excluding carboxylic acids is 1. The molecule has 1 fully saturated rings. The SMILES string of the molecule is C1CCOC1.O=C1CCCc2ccccc21. The van der Waals surface area contributed by atoms with E-state index in [9.17, 15) is 4.79 Å². The third kappa shape index (κ3) is 2.92. The largest absolute Gasteiger partial charge is 0.381 e. The fraction of sp³-hybridized carbons (Fsp3) is 0.500. The Morgan fingerprint density at radius 3 is 2.31 bits per heavy atom. The van der Waals surface area contributed by atoms with Gasteiger partial charge in [0, 0.05) is 25.2 Å². The summed E-state index contributed by atoms with van der Waals surface area (Å²) in [4.78, 5) is 11.3. The number of Topliss-reactive ketones (excluding diaryl/α,β-unsaturated/α-hetero) is 1. The lowest BCUT2D eigenvalue weighted by molar-refractivity contribution is 0.0972. The van der Waals surface area contributed by atoms with E-state index in [0.717, 1.165) is 38.0 Å². The Bertz CT molecular complexity index is 346. The van der Waals surface area contributed by atoms with E-state index in [1.807, 2.05) is 24.3 Å².